The predicted octanol–water partition coefficient (Wildman–Crippen LogP) is 9.00. The minimum Gasteiger partial charge on any atom is -0.495 e. The van der Waals surface area contributed by atoms with Crippen molar-refractivity contribution >= 4 is 40.9 Å². The Morgan fingerprint density at radius 3 is 2.42 bits per heavy atom. The zero-order valence-corrected chi connectivity index (χ0v) is 24.5. The van der Waals surface area contributed by atoms with Crippen molar-refractivity contribution in [2.45, 2.75) is 42.3 Å². The molecule has 3 aromatic carbocycles. The molecule has 5 nitrogen and oxygen atoms in total. The molecule has 0 bridgehead atoms. The zero-order chi connectivity index (χ0) is 31.5. The van der Waals surface area contributed by atoms with Crippen molar-refractivity contribution in [3.05, 3.63) is 105 Å². The highest BCUT2D eigenvalue weighted by molar-refractivity contribution is 7.98. The number of rotatable bonds is 6. The number of alkyl halides is 3. The minimum absolute atomic E-state index is 0.122. The Balaban J connectivity index is 0.000000541. The van der Waals surface area contributed by atoms with Crippen LogP contribution < -0.4 is 4.74 Å². The van der Waals surface area contributed by atoms with Gasteiger partial charge < -0.3 is 9.84 Å². The molecule has 0 saturated heterocycles. The van der Waals surface area contributed by atoms with Gasteiger partial charge in [-0.3, -0.25) is 4.57 Å². The summed E-state index contributed by atoms with van der Waals surface area (Å²) < 4.78 is 82.3. The van der Waals surface area contributed by atoms with E-state index in [1.165, 1.54) is 30.0 Å². The number of aliphatic carboxylic acids is 1. The lowest BCUT2D eigenvalue weighted by Gasteiger charge is -2.26. The molecular formula is C29H22Cl2F6N2O3S. The number of halogens is 8. The molecule has 0 radical (unpaired) electrons. The predicted molar refractivity (Wildman–Crippen MR) is 151 cm³/mol. The van der Waals surface area contributed by atoms with Gasteiger partial charge in [-0.05, 0) is 61.2 Å². The van der Waals surface area contributed by atoms with Crippen molar-refractivity contribution in [1.82, 2.24) is 9.55 Å². The third-order valence-electron chi connectivity index (χ3n) is 6.57. The number of hydrogen-bond acceptors (Lipinski definition) is 4. The van der Waals surface area contributed by atoms with E-state index < -0.39 is 29.6 Å². The summed E-state index contributed by atoms with van der Waals surface area (Å²) in [6.45, 7) is 0. The summed E-state index contributed by atoms with van der Waals surface area (Å²) in [5.74, 6) is -3.93. The number of benzene rings is 3. The largest absolute Gasteiger partial charge is 0.495 e. The molecule has 1 unspecified atom stereocenters. The SMILES string of the molecule is COc1cc(C2CCCc3nc(SCc4c(F)cccc4Cl)n(-c4ccc(F)cc4F)c32)ccc1Cl.O=C(O)C(F)(F)F. The van der Waals surface area contributed by atoms with E-state index in [0.29, 0.717) is 32.9 Å². The number of carboxylic acids is 1. The van der Waals surface area contributed by atoms with Gasteiger partial charge in [-0.25, -0.2) is 22.9 Å². The molecule has 0 spiro atoms. The van der Waals surface area contributed by atoms with Crippen molar-refractivity contribution < 1.29 is 41.0 Å². The molecular weight excluding hydrogens is 641 g/mol. The Hall–Kier alpha value is -3.35. The maximum atomic E-state index is 15.1. The van der Waals surface area contributed by atoms with Gasteiger partial charge in [0.2, 0.25) is 0 Å². The second kappa shape index (κ2) is 13.5. The lowest BCUT2D eigenvalue weighted by atomic mass is 9.84. The van der Waals surface area contributed by atoms with Gasteiger partial charge in [0.1, 0.15) is 23.2 Å². The van der Waals surface area contributed by atoms with Crippen LogP contribution in [0.25, 0.3) is 5.69 Å². The van der Waals surface area contributed by atoms with Gasteiger partial charge >= 0.3 is 12.1 Å². The summed E-state index contributed by atoms with van der Waals surface area (Å²) in [4.78, 5) is 13.7. The van der Waals surface area contributed by atoms with E-state index in [2.05, 4.69) is 0 Å². The molecule has 0 aliphatic heterocycles. The molecule has 43 heavy (non-hydrogen) atoms. The third-order valence-corrected chi connectivity index (χ3v) is 8.20. The van der Waals surface area contributed by atoms with Crippen LogP contribution in [-0.2, 0) is 17.0 Å². The second-order valence-corrected chi connectivity index (χ2v) is 11.0. The van der Waals surface area contributed by atoms with Crippen LogP contribution >= 0.6 is 35.0 Å². The van der Waals surface area contributed by atoms with Gasteiger partial charge in [0, 0.05) is 28.3 Å². The number of nitrogens with zero attached hydrogens (tertiary/aromatic N) is 2. The molecule has 14 heteroatoms. The summed E-state index contributed by atoms with van der Waals surface area (Å²) in [6.07, 6.45) is -2.69. The standard InChI is InChI=1S/C27H21Cl2F3N2OS.C2HF3O2/c1-35-25-12-15(8-10-20(25)29)17-4-2-7-23-26(17)34(24-11-9-16(30)13-22(24)32)27(33-23)36-14-18-19(28)5-3-6-21(18)31;3-2(4,5)1(6)7/h3,5-6,8-13,17H,2,4,7,14H2,1H3;(H,6,7). The Bertz CT molecular complexity index is 1630. The molecule has 1 atom stereocenters. The highest BCUT2D eigenvalue weighted by Crippen LogP contribution is 2.43. The van der Waals surface area contributed by atoms with Crippen LogP contribution in [0.2, 0.25) is 10.0 Å². The summed E-state index contributed by atoms with van der Waals surface area (Å²) >= 11 is 13.7. The van der Waals surface area contributed by atoms with Crippen LogP contribution in [0.3, 0.4) is 0 Å². The first-order valence-corrected chi connectivity index (χ1v) is 14.3. The van der Waals surface area contributed by atoms with Gasteiger partial charge in [-0.2, -0.15) is 13.2 Å². The number of aromatic nitrogens is 2. The average Bonchev–Trinajstić information content (AvgIpc) is 3.31. The third kappa shape index (κ3) is 7.42. The Labute approximate surface area is 256 Å². The van der Waals surface area contributed by atoms with Crippen LogP contribution in [0.5, 0.6) is 5.75 Å². The van der Waals surface area contributed by atoms with Gasteiger partial charge in [-0.1, -0.05) is 47.1 Å². The van der Waals surface area contributed by atoms with E-state index in [9.17, 15) is 22.0 Å². The van der Waals surface area contributed by atoms with Crippen LogP contribution in [0.4, 0.5) is 26.3 Å². The average molecular weight is 663 g/mol. The number of thioether (sulfide) groups is 1. The van der Waals surface area contributed by atoms with E-state index >= 15 is 4.39 Å². The first-order chi connectivity index (χ1) is 20.3. The van der Waals surface area contributed by atoms with Gasteiger partial charge in [0.15, 0.2) is 5.16 Å². The number of imidazole rings is 1. The fourth-order valence-electron chi connectivity index (χ4n) is 4.62. The smallest absolute Gasteiger partial charge is 0.490 e. The van der Waals surface area contributed by atoms with E-state index in [0.717, 1.165) is 35.9 Å². The summed E-state index contributed by atoms with van der Waals surface area (Å²) in [5.41, 5.74) is 3.12. The summed E-state index contributed by atoms with van der Waals surface area (Å²) in [7, 11) is 1.55. The molecule has 228 valence electrons. The van der Waals surface area contributed by atoms with Gasteiger partial charge in [0.05, 0.1) is 29.2 Å². The molecule has 0 fully saturated rings. The van der Waals surface area contributed by atoms with Crippen LogP contribution in [-0.4, -0.2) is 33.9 Å². The normalized spacial score (nSPS) is 14.5. The van der Waals surface area contributed by atoms with E-state index in [-0.39, 0.29) is 17.4 Å². The molecule has 0 amide bonds. The monoisotopic (exact) mass is 662 g/mol. The lowest BCUT2D eigenvalue weighted by molar-refractivity contribution is -0.192. The Morgan fingerprint density at radius 1 is 1.07 bits per heavy atom. The fraction of sp³-hybridized carbons (Fsp3) is 0.241. The number of methoxy groups -OCH3 is 1. The van der Waals surface area contributed by atoms with E-state index in [1.807, 2.05) is 12.1 Å². The first kappa shape index (κ1) is 32.6. The number of ether oxygens (including phenoxy) is 1. The second-order valence-electron chi connectivity index (χ2n) is 9.29. The van der Waals surface area contributed by atoms with Crippen LogP contribution in [0.1, 0.15) is 41.3 Å². The molecule has 1 aliphatic carbocycles. The molecule has 1 aliphatic rings. The van der Waals surface area contributed by atoms with Crippen molar-refractivity contribution in [1.29, 1.82) is 0 Å². The quantitative estimate of drug-likeness (QED) is 0.165. The molecule has 1 N–H and O–H groups in total. The van der Waals surface area contributed by atoms with E-state index in [4.69, 9.17) is 42.8 Å². The van der Waals surface area contributed by atoms with Crippen molar-refractivity contribution in [2.24, 2.45) is 0 Å². The highest BCUT2D eigenvalue weighted by atomic mass is 35.5. The molecule has 1 heterocycles. The maximum absolute atomic E-state index is 15.1. The van der Waals surface area contributed by atoms with Crippen LogP contribution in [0, 0.1) is 17.5 Å². The summed E-state index contributed by atoms with van der Waals surface area (Å²) in [6, 6.07) is 13.6. The van der Waals surface area contributed by atoms with Crippen molar-refractivity contribution in [2.75, 3.05) is 7.11 Å². The van der Waals surface area contributed by atoms with Crippen LogP contribution in [0.15, 0.2) is 59.8 Å². The zero-order valence-electron chi connectivity index (χ0n) is 22.2. The lowest BCUT2D eigenvalue weighted by Crippen LogP contribution is -2.21. The maximum Gasteiger partial charge on any atom is 0.490 e. The van der Waals surface area contributed by atoms with E-state index in [1.54, 1.807) is 29.9 Å². The van der Waals surface area contributed by atoms with Gasteiger partial charge in [-0.15, -0.1) is 0 Å². The topological polar surface area (TPSA) is 64.4 Å². The number of aryl methyl sites for hydroxylation is 1. The number of fused-ring (bicyclic) bond motifs is 1. The first-order valence-electron chi connectivity index (χ1n) is 12.6. The molecule has 0 saturated carbocycles. The highest BCUT2D eigenvalue weighted by Gasteiger charge is 2.38. The minimum atomic E-state index is -5.08. The number of hydrogen-bond donors (Lipinski definition) is 1. The Kier molecular flexibility index (Phi) is 10.2. The number of carboxylic acid groups (broad SMARTS) is 1. The Morgan fingerprint density at radius 2 is 1.79 bits per heavy atom. The molecule has 1 aromatic heterocycles. The molecule has 5 rings (SSSR count). The summed E-state index contributed by atoms with van der Waals surface area (Å²) in [5, 5.41) is 8.41. The van der Waals surface area contributed by atoms with Crippen molar-refractivity contribution in [3.8, 4) is 11.4 Å². The van der Waals surface area contributed by atoms with Gasteiger partial charge in [0.25, 0.3) is 0 Å². The molecule has 4 aromatic rings. The fourth-order valence-corrected chi connectivity index (χ4v) is 6.19. The van der Waals surface area contributed by atoms with Crippen molar-refractivity contribution in [3.63, 3.8) is 0 Å². The number of carbonyl (C=O) groups is 1.